The first kappa shape index (κ1) is 17.3. The van der Waals surface area contributed by atoms with Crippen molar-refractivity contribution in [3.8, 4) is 0 Å². The smallest absolute Gasteiger partial charge is 0.419 e. The Bertz CT molecular complexity index is 696. The Hall–Kier alpha value is -2.53. The van der Waals surface area contributed by atoms with Crippen LogP contribution in [-0.2, 0) is 4.74 Å². The number of carbonyl (C=O) groups excluding carboxylic acids is 1. The molecular formula is C20H25N3O2. The van der Waals surface area contributed by atoms with Crippen molar-refractivity contribution in [3.63, 3.8) is 0 Å². The molecule has 0 radical (unpaired) electrons. The van der Waals surface area contributed by atoms with E-state index in [4.69, 9.17) is 4.74 Å². The van der Waals surface area contributed by atoms with E-state index in [0.29, 0.717) is 6.61 Å². The van der Waals surface area contributed by atoms with Crippen LogP contribution in [0.3, 0.4) is 0 Å². The van der Waals surface area contributed by atoms with E-state index < -0.39 is 0 Å². The van der Waals surface area contributed by atoms with Gasteiger partial charge < -0.3 is 14.5 Å². The van der Waals surface area contributed by atoms with Crippen molar-refractivity contribution >= 4 is 28.8 Å². The van der Waals surface area contributed by atoms with E-state index in [9.17, 15) is 4.79 Å². The van der Waals surface area contributed by atoms with Gasteiger partial charge in [0, 0.05) is 13.6 Å². The molecule has 0 saturated heterocycles. The molecule has 1 aliphatic rings. The molecule has 5 heteroatoms. The summed E-state index contributed by atoms with van der Waals surface area (Å²) in [5.41, 5.74) is 3.66. The van der Waals surface area contributed by atoms with Crippen LogP contribution in [0.4, 0.5) is 27.5 Å². The number of hydrogen-bond donors (Lipinski definition) is 0. The van der Waals surface area contributed by atoms with Crippen LogP contribution in [0.25, 0.3) is 0 Å². The van der Waals surface area contributed by atoms with Gasteiger partial charge in [0.25, 0.3) is 0 Å². The number of ether oxygens (including phenoxy) is 1. The van der Waals surface area contributed by atoms with Crippen LogP contribution in [0, 0.1) is 0 Å². The minimum absolute atomic E-state index is 0.333. The number of amides is 1. The van der Waals surface area contributed by atoms with Gasteiger partial charge in [0.05, 0.1) is 22.7 Å². The molecule has 0 bridgehead atoms. The summed E-state index contributed by atoms with van der Waals surface area (Å²) in [4.78, 5) is 18.9. The first-order valence-electron chi connectivity index (χ1n) is 8.78. The van der Waals surface area contributed by atoms with Crippen LogP contribution in [0.2, 0.25) is 0 Å². The second kappa shape index (κ2) is 7.57. The van der Waals surface area contributed by atoms with Gasteiger partial charge in [0.15, 0.2) is 0 Å². The standard InChI is InChI=1S/C20H25N3O2/c1-4-22(5-2)14-15-25-20(24)23-18-12-8-6-10-16(18)21(3)17-11-7-9-13-19(17)23/h6-13H,4-5,14-15H2,1-3H3. The fraction of sp³-hybridized carbons (Fsp3) is 0.350. The van der Waals surface area contributed by atoms with Crippen molar-refractivity contribution in [2.45, 2.75) is 13.8 Å². The molecule has 0 aliphatic carbocycles. The highest BCUT2D eigenvalue weighted by Crippen LogP contribution is 2.46. The minimum atomic E-state index is -0.333. The zero-order valence-electron chi connectivity index (χ0n) is 15.1. The molecule has 3 rings (SSSR count). The molecule has 0 saturated carbocycles. The molecule has 0 fully saturated rings. The maximum Gasteiger partial charge on any atom is 0.419 e. The summed E-state index contributed by atoms with van der Waals surface area (Å²) in [7, 11) is 2.01. The molecule has 132 valence electrons. The molecule has 0 N–H and O–H groups in total. The lowest BCUT2D eigenvalue weighted by atomic mass is 10.1. The van der Waals surface area contributed by atoms with Gasteiger partial charge in [-0.05, 0) is 37.4 Å². The van der Waals surface area contributed by atoms with Crippen LogP contribution >= 0.6 is 0 Å². The van der Waals surface area contributed by atoms with Crippen molar-refractivity contribution in [1.82, 2.24) is 4.90 Å². The van der Waals surface area contributed by atoms with Crippen LogP contribution in [0.5, 0.6) is 0 Å². The number of fused-ring (bicyclic) bond motifs is 2. The van der Waals surface area contributed by atoms with E-state index in [1.165, 1.54) is 0 Å². The fourth-order valence-corrected chi connectivity index (χ4v) is 3.20. The van der Waals surface area contributed by atoms with Gasteiger partial charge in [-0.3, -0.25) is 0 Å². The number of likely N-dealkylation sites (N-methyl/N-ethyl adjacent to an activating group) is 1. The quantitative estimate of drug-likeness (QED) is 0.810. The summed E-state index contributed by atoms with van der Waals surface area (Å²) in [6.45, 7) is 7.26. The third kappa shape index (κ3) is 3.33. The molecule has 0 atom stereocenters. The molecule has 0 unspecified atom stereocenters. The van der Waals surface area contributed by atoms with E-state index in [0.717, 1.165) is 42.4 Å². The molecular weight excluding hydrogens is 314 g/mol. The summed E-state index contributed by atoms with van der Waals surface area (Å²) < 4.78 is 5.59. The van der Waals surface area contributed by atoms with Gasteiger partial charge in [0.2, 0.25) is 0 Å². The summed E-state index contributed by atoms with van der Waals surface area (Å²) in [6.07, 6.45) is -0.333. The van der Waals surface area contributed by atoms with E-state index in [1.54, 1.807) is 4.90 Å². The van der Waals surface area contributed by atoms with E-state index in [-0.39, 0.29) is 6.09 Å². The molecule has 2 aromatic carbocycles. The maximum absolute atomic E-state index is 12.9. The second-order valence-corrected chi connectivity index (χ2v) is 6.01. The zero-order valence-corrected chi connectivity index (χ0v) is 15.1. The summed E-state index contributed by atoms with van der Waals surface area (Å²) in [5.74, 6) is 0. The van der Waals surface area contributed by atoms with Crippen LogP contribution < -0.4 is 9.80 Å². The summed E-state index contributed by atoms with van der Waals surface area (Å²) in [6, 6.07) is 15.8. The highest BCUT2D eigenvalue weighted by molar-refractivity contribution is 6.06. The molecule has 0 spiro atoms. The summed E-state index contributed by atoms with van der Waals surface area (Å²) >= 11 is 0. The highest BCUT2D eigenvalue weighted by Gasteiger charge is 2.31. The van der Waals surface area contributed by atoms with Gasteiger partial charge >= 0.3 is 6.09 Å². The third-order valence-corrected chi connectivity index (χ3v) is 4.68. The normalized spacial score (nSPS) is 12.8. The lowest BCUT2D eigenvalue weighted by Crippen LogP contribution is -2.35. The first-order valence-corrected chi connectivity index (χ1v) is 8.78. The number of nitrogens with zero attached hydrogens (tertiary/aromatic N) is 3. The van der Waals surface area contributed by atoms with E-state index >= 15 is 0 Å². The Morgan fingerprint density at radius 3 is 1.88 bits per heavy atom. The number of para-hydroxylation sites is 4. The number of hydrogen-bond acceptors (Lipinski definition) is 4. The number of carbonyl (C=O) groups is 1. The minimum Gasteiger partial charge on any atom is -0.448 e. The lowest BCUT2D eigenvalue weighted by Gasteiger charge is -2.36. The summed E-state index contributed by atoms with van der Waals surface area (Å²) in [5, 5.41) is 0. The van der Waals surface area contributed by atoms with Gasteiger partial charge in [0.1, 0.15) is 6.61 Å². The Balaban J connectivity index is 1.86. The molecule has 25 heavy (non-hydrogen) atoms. The average Bonchev–Trinajstić information content (AvgIpc) is 2.65. The van der Waals surface area contributed by atoms with Crippen molar-refractivity contribution < 1.29 is 9.53 Å². The average molecular weight is 339 g/mol. The molecule has 1 aliphatic heterocycles. The molecule has 2 aromatic rings. The van der Waals surface area contributed by atoms with Crippen molar-refractivity contribution in [2.24, 2.45) is 0 Å². The Morgan fingerprint density at radius 2 is 1.40 bits per heavy atom. The van der Waals surface area contributed by atoms with Gasteiger partial charge in [-0.15, -0.1) is 0 Å². The number of rotatable bonds is 5. The second-order valence-electron chi connectivity index (χ2n) is 6.01. The largest absolute Gasteiger partial charge is 0.448 e. The predicted molar refractivity (Wildman–Crippen MR) is 102 cm³/mol. The van der Waals surface area contributed by atoms with Gasteiger partial charge in [-0.1, -0.05) is 38.1 Å². The predicted octanol–water partition coefficient (Wildman–Crippen LogP) is 4.38. The highest BCUT2D eigenvalue weighted by atomic mass is 16.6. The molecule has 5 nitrogen and oxygen atoms in total. The first-order chi connectivity index (χ1) is 12.2. The fourth-order valence-electron chi connectivity index (χ4n) is 3.20. The van der Waals surface area contributed by atoms with Crippen molar-refractivity contribution in [1.29, 1.82) is 0 Å². The van der Waals surface area contributed by atoms with Crippen molar-refractivity contribution in [3.05, 3.63) is 48.5 Å². The number of anilines is 4. The third-order valence-electron chi connectivity index (χ3n) is 4.68. The molecule has 1 amide bonds. The van der Waals surface area contributed by atoms with Crippen LogP contribution in [0.1, 0.15) is 13.8 Å². The lowest BCUT2D eigenvalue weighted by molar-refractivity contribution is 0.138. The number of benzene rings is 2. The Labute approximate surface area is 149 Å². The van der Waals surface area contributed by atoms with Crippen molar-refractivity contribution in [2.75, 3.05) is 43.1 Å². The Morgan fingerprint density at radius 1 is 0.920 bits per heavy atom. The van der Waals surface area contributed by atoms with Gasteiger partial charge in [-0.2, -0.15) is 0 Å². The SMILES string of the molecule is CCN(CC)CCOC(=O)N1c2ccccc2N(C)c2ccccc21. The van der Waals surface area contributed by atoms with E-state index in [1.807, 2.05) is 55.6 Å². The molecule has 0 aromatic heterocycles. The topological polar surface area (TPSA) is 36.0 Å². The van der Waals surface area contributed by atoms with Gasteiger partial charge in [-0.25, -0.2) is 9.69 Å². The van der Waals surface area contributed by atoms with Crippen LogP contribution in [-0.4, -0.2) is 44.3 Å². The van der Waals surface area contributed by atoms with Crippen LogP contribution in [0.15, 0.2) is 48.5 Å². The van der Waals surface area contributed by atoms with E-state index in [2.05, 4.69) is 23.6 Å². The Kier molecular flexibility index (Phi) is 5.24. The zero-order chi connectivity index (χ0) is 17.8. The molecule has 1 heterocycles. The maximum atomic E-state index is 12.9. The monoisotopic (exact) mass is 339 g/mol.